The number of aryl methyl sites for hydroxylation is 1. The van der Waals surface area contributed by atoms with Gasteiger partial charge in [-0.05, 0) is 42.7 Å². The van der Waals surface area contributed by atoms with Crippen LogP contribution in [0.15, 0.2) is 24.3 Å². The molecule has 126 valence electrons. The summed E-state index contributed by atoms with van der Waals surface area (Å²) in [5.41, 5.74) is 1.95. The summed E-state index contributed by atoms with van der Waals surface area (Å²) in [5, 5.41) is 16.5. The van der Waals surface area contributed by atoms with Crippen LogP contribution < -0.4 is 10.6 Å². The van der Waals surface area contributed by atoms with Gasteiger partial charge in [-0.2, -0.15) is 0 Å². The Morgan fingerprint density at radius 2 is 2.09 bits per heavy atom. The van der Waals surface area contributed by atoms with Gasteiger partial charge in [-0.15, -0.1) is 0 Å². The molecule has 0 aromatic heterocycles. The highest BCUT2D eigenvalue weighted by Crippen LogP contribution is 2.36. The van der Waals surface area contributed by atoms with Crippen LogP contribution >= 0.6 is 0 Å². The van der Waals surface area contributed by atoms with Crippen LogP contribution in [0.3, 0.4) is 0 Å². The number of hydrogen-bond donors (Lipinski definition) is 3. The molecule has 2 aliphatic rings. The van der Waals surface area contributed by atoms with Crippen molar-refractivity contribution in [3.63, 3.8) is 0 Å². The molecule has 3 N–H and O–H groups in total. The van der Waals surface area contributed by atoms with E-state index in [-0.39, 0.29) is 19.1 Å². The first kappa shape index (κ1) is 16.5. The van der Waals surface area contributed by atoms with E-state index >= 15 is 0 Å². The fraction of sp³-hybridized carbons (Fsp3) is 0.632. The van der Waals surface area contributed by atoms with Crippen LogP contribution in [0, 0.1) is 5.92 Å². The Kier molecular flexibility index (Phi) is 5.02. The Balaban J connectivity index is 1.59. The molecule has 0 saturated heterocycles. The van der Waals surface area contributed by atoms with E-state index < -0.39 is 5.54 Å². The second kappa shape index (κ2) is 7.02. The van der Waals surface area contributed by atoms with E-state index in [4.69, 9.17) is 0 Å². The van der Waals surface area contributed by atoms with E-state index in [1.165, 1.54) is 24.8 Å². The van der Waals surface area contributed by atoms with Crippen LogP contribution in [0.2, 0.25) is 0 Å². The van der Waals surface area contributed by atoms with Crippen molar-refractivity contribution < 1.29 is 9.90 Å². The van der Waals surface area contributed by atoms with E-state index in [1.54, 1.807) is 0 Å². The first-order valence-electron chi connectivity index (χ1n) is 8.88. The summed E-state index contributed by atoms with van der Waals surface area (Å²) in [6, 6.07) is 8.51. The minimum atomic E-state index is -0.466. The van der Waals surface area contributed by atoms with Crippen molar-refractivity contribution in [1.82, 2.24) is 10.6 Å². The summed E-state index contributed by atoms with van der Waals surface area (Å²) in [6.07, 6.45) is 6.56. The fourth-order valence-electron chi connectivity index (χ4n) is 4.13. The predicted octanol–water partition coefficient (Wildman–Crippen LogP) is 2.10. The summed E-state index contributed by atoms with van der Waals surface area (Å²) in [7, 11) is 0. The van der Waals surface area contributed by atoms with Gasteiger partial charge in [-0.1, -0.05) is 44.0 Å². The van der Waals surface area contributed by atoms with Crippen molar-refractivity contribution in [3.05, 3.63) is 35.4 Å². The second-order valence-corrected chi connectivity index (χ2v) is 7.19. The molecule has 3 atom stereocenters. The Morgan fingerprint density at radius 1 is 1.30 bits per heavy atom. The van der Waals surface area contributed by atoms with E-state index in [1.807, 2.05) is 12.1 Å². The average molecular weight is 316 g/mol. The smallest absolute Gasteiger partial charge is 0.234 e. The molecule has 0 spiro atoms. The number of benzene rings is 1. The van der Waals surface area contributed by atoms with E-state index in [9.17, 15) is 9.90 Å². The summed E-state index contributed by atoms with van der Waals surface area (Å²) >= 11 is 0. The third-order valence-electron chi connectivity index (χ3n) is 5.67. The molecule has 1 aromatic carbocycles. The third-order valence-corrected chi connectivity index (χ3v) is 5.67. The van der Waals surface area contributed by atoms with Crippen molar-refractivity contribution >= 4 is 5.91 Å². The highest BCUT2D eigenvalue weighted by molar-refractivity contribution is 5.78. The van der Waals surface area contributed by atoms with Crippen LogP contribution in [0.1, 0.15) is 50.2 Å². The zero-order chi connectivity index (χ0) is 16.3. The van der Waals surface area contributed by atoms with Gasteiger partial charge in [0.15, 0.2) is 0 Å². The molecule has 0 heterocycles. The number of aliphatic hydroxyl groups is 1. The van der Waals surface area contributed by atoms with Gasteiger partial charge in [0, 0.05) is 6.04 Å². The summed E-state index contributed by atoms with van der Waals surface area (Å²) in [4.78, 5) is 12.3. The van der Waals surface area contributed by atoms with Crippen LogP contribution in [-0.2, 0) is 16.8 Å². The maximum Gasteiger partial charge on any atom is 0.234 e. The zero-order valence-corrected chi connectivity index (χ0v) is 14.0. The molecule has 0 bridgehead atoms. The van der Waals surface area contributed by atoms with Gasteiger partial charge < -0.3 is 10.4 Å². The normalized spacial score (nSPS) is 30.0. The van der Waals surface area contributed by atoms with Crippen molar-refractivity contribution in [2.45, 2.75) is 57.0 Å². The van der Waals surface area contributed by atoms with Crippen LogP contribution in [0.5, 0.6) is 0 Å². The number of fused-ring (bicyclic) bond motifs is 1. The minimum absolute atomic E-state index is 0.0249. The number of hydrogen-bond acceptors (Lipinski definition) is 3. The summed E-state index contributed by atoms with van der Waals surface area (Å²) in [5.74, 6) is 0.604. The number of carbonyl (C=O) groups is 1. The van der Waals surface area contributed by atoms with Crippen molar-refractivity contribution in [1.29, 1.82) is 0 Å². The zero-order valence-electron chi connectivity index (χ0n) is 14.0. The van der Waals surface area contributed by atoms with Crippen LogP contribution in [-0.4, -0.2) is 30.2 Å². The standard InChI is InChI=1S/C19H28N2O2/c1-14-6-2-5-9-17(14)21-18(23)12-20-19(13-22)11-10-15-7-3-4-8-16(15)19/h3-4,7-8,14,17,20,22H,2,5-6,9-13H2,1H3,(H,21,23). The lowest BCUT2D eigenvalue weighted by atomic mass is 9.86. The number of amides is 1. The summed E-state index contributed by atoms with van der Waals surface area (Å²) in [6.45, 7) is 2.51. The lowest BCUT2D eigenvalue weighted by Crippen LogP contribution is -2.50. The molecule has 3 rings (SSSR count). The molecular formula is C19H28N2O2. The largest absolute Gasteiger partial charge is 0.394 e. The summed E-state index contributed by atoms with van der Waals surface area (Å²) < 4.78 is 0. The molecule has 1 saturated carbocycles. The number of nitrogens with one attached hydrogen (secondary N) is 2. The molecule has 1 amide bonds. The Morgan fingerprint density at radius 3 is 2.87 bits per heavy atom. The van der Waals surface area contributed by atoms with Crippen LogP contribution in [0.4, 0.5) is 0 Å². The number of aliphatic hydroxyl groups excluding tert-OH is 1. The van der Waals surface area contributed by atoms with Gasteiger partial charge in [0.2, 0.25) is 5.91 Å². The molecule has 4 nitrogen and oxygen atoms in total. The molecule has 1 aromatic rings. The van der Waals surface area contributed by atoms with Crippen molar-refractivity contribution in [2.75, 3.05) is 13.2 Å². The highest BCUT2D eigenvalue weighted by Gasteiger charge is 2.38. The van der Waals surface area contributed by atoms with E-state index in [0.717, 1.165) is 24.8 Å². The molecule has 3 unspecified atom stereocenters. The van der Waals surface area contributed by atoms with Gasteiger partial charge in [-0.3, -0.25) is 10.1 Å². The van der Waals surface area contributed by atoms with Crippen LogP contribution in [0.25, 0.3) is 0 Å². The molecule has 1 fully saturated rings. The number of carbonyl (C=O) groups excluding carboxylic acids is 1. The lowest BCUT2D eigenvalue weighted by molar-refractivity contribution is -0.122. The Labute approximate surface area is 138 Å². The minimum Gasteiger partial charge on any atom is -0.394 e. The first-order chi connectivity index (χ1) is 11.1. The molecular weight excluding hydrogens is 288 g/mol. The number of rotatable bonds is 5. The third kappa shape index (κ3) is 3.43. The Bertz CT molecular complexity index is 560. The van der Waals surface area contributed by atoms with Gasteiger partial charge in [0.25, 0.3) is 0 Å². The van der Waals surface area contributed by atoms with Gasteiger partial charge in [0.05, 0.1) is 18.7 Å². The van der Waals surface area contributed by atoms with Crippen molar-refractivity contribution in [3.8, 4) is 0 Å². The molecule has 4 heteroatoms. The topological polar surface area (TPSA) is 61.4 Å². The molecule has 0 aliphatic heterocycles. The predicted molar refractivity (Wildman–Crippen MR) is 91.1 cm³/mol. The first-order valence-corrected chi connectivity index (χ1v) is 8.88. The lowest BCUT2D eigenvalue weighted by Gasteiger charge is -2.32. The molecule has 23 heavy (non-hydrogen) atoms. The molecule has 0 radical (unpaired) electrons. The fourth-order valence-corrected chi connectivity index (χ4v) is 4.13. The maximum atomic E-state index is 12.3. The van der Waals surface area contributed by atoms with E-state index in [2.05, 4.69) is 29.7 Å². The SMILES string of the molecule is CC1CCCCC1NC(=O)CNC1(CO)CCc2ccccc21. The Hall–Kier alpha value is -1.39. The van der Waals surface area contributed by atoms with Crippen molar-refractivity contribution in [2.24, 2.45) is 5.92 Å². The van der Waals surface area contributed by atoms with Gasteiger partial charge >= 0.3 is 0 Å². The average Bonchev–Trinajstić information content (AvgIpc) is 2.95. The molecule has 2 aliphatic carbocycles. The van der Waals surface area contributed by atoms with Gasteiger partial charge in [0.1, 0.15) is 0 Å². The maximum absolute atomic E-state index is 12.3. The van der Waals surface area contributed by atoms with E-state index in [0.29, 0.717) is 12.0 Å². The highest BCUT2D eigenvalue weighted by atomic mass is 16.3. The van der Waals surface area contributed by atoms with Gasteiger partial charge in [-0.25, -0.2) is 0 Å². The quantitative estimate of drug-likeness (QED) is 0.780. The second-order valence-electron chi connectivity index (χ2n) is 7.19. The monoisotopic (exact) mass is 316 g/mol.